The Morgan fingerprint density at radius 3 is 2.75 bits per heavy atom. The molecular weight excluding hydrogens is 204 g/mol. The highest BCUT2D eigenvalue weighted by Crippen LogP contribution is 2.19. The first kappa shape index (κ1) is 11.3. The standard InChI is InChI=1S/C11H18N4O/c1-14(2)10-5-6-15(7-10)11-4-3-9(8-16)12-13-11/h3-4,10,16H,5-8H2,1-2H3. The Balaban J connectivity index is 2.03. The number of aromatic nitrogens is 2. The molecule has 5 nitrogen and oxygen atoms in total. The van der Waals surface area contributed by atoms with Crippen LogP contribution in [0.3, 0.4) is 0 Å². The number of hydrogen-bond acceptors (Lipinski definition) is 5. The van der Waals surface area contributed by atoms with E-state index in [1.54, 1.807) is 0 Å². The zero-order valence-corrected chi connectivity index (χ0v) is 9.80. The molecule has 1 aromatic heterocycles. The van der Waals surface area contributed by atoms with E-state index in [1.165, 1.54) is 0 Å². The summed E-state index contributed by atoms with van der Waals surface area (Å²) in [5.74, 6) is 0.904. The van der Waals surface area contributed by atoms with E-state index < -0.39 is 0 Å². The Kier molecular flexibility index (Phi) is 3.36. The van der Waals surface area contributed by atoms with Gasteiger partial charge < -0.3 is 14.9 Å². The lowest BCUT2D eigenvalue weighted by Gasteiger charge is -2.20. The smallest absolute Gasteiger partial charge is 0.151 e. The van der Waals surface area contributed by atoms with Gasteiger partial charge >= 0.3 is 0 Å². The van der Waals surface area contributed by atoms with Crippen LogP contribution in [0.1, 0.15) is 12.1 Å². The van der Waals surface area contributed by atoms with Crippen LogP contribution in [0.15, 0.2) is 12.1 Å². The predicted octanol–water partition coefficient (Wildman–Crippen LogP) is 0.109. The summed E-state index contributed by atoms with van der Waals surface area (Å²) in [7, 11) is 4.21. The number of hydrogen-bond donors (Lipinski definition) is 1. The number of aliphatic hydroxyl groups is 1. The van der Waals surface area contributed by atoms with Crippen LogP contribution in [0.5, 0.6) is 0 Å². The highest BCUT2D eigenvalue weighted by molar-refractivity contribution is 5.39. The lowest BCUT2D eigenvalue weighted by molar-refractivity contribution is 0.275. The third-order valence-corrected chi connectivity index (χ3v) is 3.09. The molecule has 1 aliphatic heterocycles. The van der Waals surface area contributed by atoms with Crippen molar-refractivity contribution in [3.63, 3.8) is 0 Å². The molecule has 1 fully saturated rings. The highest BCUT2D eigenvalue weighted by atomic mass is 16.3. The highest BCUT2D eigenvalue weighted by Gasteiger charge is 2.24. The number of likely N-dealkylation sites (N-methyl/N-ethyl adjacent to an activating group) is 1. The summed E-state index contributed by atoms with van der Waals surface area (Å²) >= 11 is 0. The van der Waals surface area contributed by atoms with Crippen molar-refractivity contribution in [2.45, 2.75) is 19.1 Å². The Labute approximate surface area is 95.7 Å². The molecule has 1 aliphatic rings. The van der Waals surface area contributed by atoms with Gasteiger partial charge in [-0.1, -0.05) is 0 Å². The molecule has 1 unspecified atom stereocenters. The lowest BCUT2D eigenvalue weighted by Crippen LogP contribution is -2.31. The fraction of sp³-hybridized carbons (Fsp3) is 0.636. The average Bonchev–Trinajstić information content (AvgIpc) is 2.78. The van der Waals surface area contributed by atoms with E-state index >= 15 is 0 Å². The van der Waals surface area contributed by atoms with Crippen LogP contribution in [0.4, 0.5) is 5.82 Å². The second-order valence-electron chi connectivity index (χ2n) is 4.39. The zero-order chi connectivity index (χ0) is 11.5. The maximum atomic E-state index is 8.89. The minimum Gasteiger partial charge on any atom is -0.390 e. The van der Waals surface area contributed by atoms with Gasteiger partial charge in [0.15, 0.2) is 5.82 Å². The van der Waals surface area contributed by atoms with Gasteiger partial charge in [-0.3, -0.25) is 0 Å². The predicted molar refractivity (Wildman–Crippen MR) is 62.3 cm³/mol. The molecule has 16 heavy (non-hydrogen) atoms. The summed E-state index contributed by atoms with van der Waals surface area (Å²) in [6.45, 7) is 1.98. The third-order valence-electron chi connectivity index (χ3n) is 3.09. The zero-order valence-electron chi connectivity index (χ0n) is 9.80. The first-order valence-electron chi connectivity index (χ1n) is 5.55. The van der Waals surface area contributed by atoms with Crippen LogP contribution in [0.25, 0.3) is 0 Å². The molecule has 0 spiro atoms. The van der Waals surface area contributed by atoms with Crippen LogP contribution in [0, 0.1) is 0 Å². The second kappa shape index (κ2) is 4.76. The van der Waals surface area contributed by atoms with Gasteiger partial charge in [0, 0.05) is 19.1 Å². The molecule has 5 heteroatoms. The van der Waals surface area contributed by atoms with Gasteiger partial charge in [-0.05, 0) is 32.6 Å². The molecule has 1 atom stereocenters. The molecule has 0 radical (unpaired) electrons. The molecular formula is C11H18N4O. The Hall–Kier alpha value is -1.20. The van der Waals surface area contributed by atoms with Crippen molar-refractivity contribution in [1.29, 1.82) is 0 Å². The van der Waals surface area contributed by atoms with Gasteiger partial charge in [-0.25, -0.2) is 0 Å². The molecule has 0 saturated carbocycles. The van der Waals surface area contributed by atoms with Crippen LogP contribution in [0.2, 0.25) is 0 Å². The lowest BCUT2D eigenvalue weighted by atomic mass is 10.2. The second-order valence-corrected chi connectivity index (χ2v) is 4.39. The molecule has 1 aromatic rings. The molecule has 0 bridgehead atoms. The first-order valence-corrected chi connectivity index (χ1v) is 5.55. The van der Waals surface area contributed by atoms with E-state index in [-0.39, 0.29) is 6.61 Å². The van der Waals surface area contributed by atoms with Crippen LogP contribution < -0.4 is 4.90 Å². The molecule has 2 heterocycles. The van der Waals surface area contributed by atoms with Crippen molar-refractivity contribution in [1.82, 2.24) is 15.1 Å². The van der Waals surface area contributed by atoms with Gasteiger partial charge in [0.25, 0.3) is 0 Å². The quantitative estimate of drug-likeness (QED) is 0.786. The Morgan fingerprint density at radius 1 is 1.44 bits per heavy atom. The maximum Gasteiger partial charge on any atom is 0.151 e. The van der Waals surface area contributed by atoms with E-state index in [4.69, 9.17) is 5.11 Å². The maximum absolute atomic E-state index is 8.89. The van der Waals surface area contributed by atoms with Crippen LogP contribution in [-0.4, -0.2) is 53.4 Å². The van der Waals surface area contributed by atoms with Crippen molar-refractivity contribution in [3.8, 4) is 0 Å². The first-order chi connectivity index (χ1) is 7.70. The number of anilines is 1. The van der Waals surface area contributed by atoms with Gasteiger partial charge in [0.05, 0.1) is 12.3 Å². The third kappa shape index (κ3) is 2.31. The molecule has 2 rings (SSSR count). The van der Waals surface area contributed by atoms with E-state index in [9.17, 15) is 0 Å². The SMILES string of the molecule is CN(C)C1CCN(c2ccc(CO)nn2)C1. The van der Waals surface area contributed by atoms with Crippen molar-refractivity contribution < 1.29 is 5.11 Å². The van der Waals surface area contributed by atoms with E-state index in [0.29, 0.717) is 11.7 Å². The topological polar surface area (TPSA) is 52.5 Å². The van der Waals surface area contributed by atoms with Crippen molar-refractivity contribution in [2.75, 3.05) is 32.1 Å². The Morgan fingerprint density at radius 2 is 2.25 bits per heavy atom. The Bertz CT molecular complexity index is 338. The van der Waals surface area contributed by atoms with Crippen molar-refractivity contribution in [2.24, 2.45) is 0 Å². The number of rotatable bonds is 3. The molecule has 0 aliphatic carbocycles. The van der Waals surface area contributed by atoms with Gasteiger partial charge in [0.1, 0.15) is 0 Å². The number of nitrogens with zero attached hydrogens (tertiary/aromatic N) is 4. The van der Waals surface area contributed by atoms with E-state index in [2.05, 4.69) is 34.1 Å². The number of aliphatic hydroxyl groups excluding tert-OH is 1. The summed E-state index contributed by atoms with van der Waals surface area (Å²) in [5, 5.41) is 17.0. The summed E-state index contributed by atoms with van der Waals surface area (Å²) < 4.78 is 0. The van der Waals surface area contributed by atoms with Gasteiger partial charge in [-0.2, -0.15) is 5.10 Å². The van der Waals surface area contributed by atoms with Crippen LogP contribution in [-0.2, 0) is 6.61 Å². The minimum atomic E-state index is -0.0480. The van der Waals surface area contributed by atoms with Gasteiger partial charge in [-0.15, -0.1) is 5.10 Å². The van der Waals surface area contributed by atoms with E-state index in [0.717, 1.165) is 25.3 Å². The van der Waals surface area contributed by atoms with E-state index in [1.807, 2.05) is 12.1 Å². The fourth-order valence-corrected chi connectivity index (χ4v) is 1.98. The summed E-state index contributed by atoms with van der Waals surface area (Å²) in [6, 6.07) is 4.35. The summed E-state index contributed by atoms with van der Waals surface area (Å²) in [6.07, 6.45) is 1.16. The fourth-order valence-electron chi connectivity index (χ4n) is 1.98. The minimum absolute atomic E-state index is 0.0480. The summed E-state index contributed by atoms with van der Waals surface area (Å²) in [5.41, 5.74) is 0.618. The molecule has 88 valence electrons. The average molecular weight is 222 g/mol. The van der Waals surface area contributed by atoms with Crippen LogP contribution >= 0.6 is 0 Å². The molecule has 0 aromatic carbocycles. The molecule has 1 N–H and O–H groups in total. The van der Waals surface area contributed by atoms with Crippen molar-refractivity contribution >= 4 is 5.82 Å². The summed E-state index contributed by atoms with van der Waals surface area (Å²) in [4.78, 5) is 4.48. The van der Waals surface area contributed by atoms with Gasteiger partial charge in [0.2, 0.25) is 0 Å². The normalized spacial score (nSPS) is 20.8. The molecule has 0 amide bonds. The monoisotopic (exact) mass is 222 g/mol. The largest absolute Gasteiger partial charge is 0.390 e. The molecule has 1 saturated heterocycles. The van der Waals surface area contributed by atoms with Crippen molar-refractivity contribution in [3.05, 3.63) is 17.8 Å².